The lowest BCUT2D eigenvalue weighted by molar-refractivity contribution is 0.0857. The van der Waals surface area contributed by atoms with Crippen LogP contribution < -0.4 is 11.3 Å². The zero-order valence-corrected chi connectivity index (χ0v) is 10.7. The van der Waals surface area contributed by atoms with Crippen molar-refractivity contribution in [1.82, 2.24) is 15.2 Å². The van der Waals surface area contributed by atoms with Crippen molar-refractivity contribution in [3.8, 4) is 11.8 Å². The maximum atomic E-state index is 5.65. The lowest BCUT2D eigenvalue weighted by Gasteiger charge is -2.41. The first-order chi connectivity index (χ1) is 7.69. The summed E-state index contributed by atoms with van der Waals surface area (Å²) in [6.07, 6.45) is 1.93. The molecule has 2 unspecified atom stereocenters. The van der Waals surface area contributed by atoms with E-state index in [0.717, 1.165) is 32.5 Å². The zero-order valence-electron chi connectivity index (χ0n) is 10.7. The van der Waals surface area contributed by atoms with Crippen molar-refractivity contribution in [2.24, 2.45) is 5.84 Å². The van der Waals surface area contributed by atoms with Crippen LogP contribution in [0.2, 0.25) is 0 Å². The highest BCUT2D eigenvalue weighted by Crippen LogP contribution is 2.13. The van der Waals surface area contributed by atoms with Gasteiger partial charge in [0.25, 0.3) is 0 Å². The molecule has 2 atom stereocenters. The first-order valence-electron chi connectivity index (χ1n) is 5.93. The minimum absolute atomic E-state index is 0.327. The number of nitrogens with two attached hydrogens (primary N) is 1. The molecule has 0 aromatic rings. The number of rotatable bonds is 4. The van der Waals surface area contributed by atoms with E-state index < -0.39 is 0 Å². The highest BCUT2D eigenvalue weighted by Gasteiger charge is 2.28. The minimum atomic E-state index is 0.327. The molecule has 0 aliphatic carbocycles. The summed E-state index contributed by atoms with van der Waals surface area (Å²) in [5.41, 5.74) is 2.95. The Morgan fingerprint density at radius 1 is 1.44 bits per heavy atom. The fourth-order valence-corrected chi connectivity index (χ4v) is 2.22. The fraction of sp³-hybridized carbons (Fsp3) is 0.833. The van der Waals surface area contributed by atoms with E-state index in [4.69, 9.17) is 5.84 Å². The van der Waals surface area contributed by atoms with Crippen LogP contribution in [0.25, 0.3) is 0 Å². The molecule has 1 rings (SSSR count). The van der Waals surface area contributed by atoms with Crippen LogP contribution in [0.4, 0.5) is 0 Å². The molecule has 0 aromatic heterocycles. The summed E-state index contributed by atoms with van der Waals surface area (Å²) in [4.78, 5) is 4.75. The van der Waals surface area contributed by atoms with Gasteiger partial charge < -0.3 is 4.90 Å². The Morgan fingerprint density at radius 3 is 2.81 bits per heavy atom. The molecule has 0 amide bonds. The van der Waals surface area contributed by atoms with Gasteiger partial charge in [0.05, 0.1) is 0 Å². The molecule has 0 spiro atoms. The van der Waals surface area contributed by atoms with Crippen LogP contribution in [0.1, 0.15) is 19.8 Å². The van der Waals surface area contributed by atoms with Gasteiger partial charge in [-0.3, -0.25) is 16.2 Å². The summed E-state index contributed by atoms with van der Waals surface area (Å²) in [5, 5.41) is 0. The molecular formula is C12H24N4. The normalized spacial score (nSPS) is 24.9. The Hall–Kier alpha value is -0.600. The Bertz CT molecular complexity index is 255. The second-order valence-electron chi connectivity index (χ2n) is 4.55. The topological polar surface area (TPSA) is 44.5 Å². The van der Waals surface area contributed by atoms with E-state index in [9.17, 15) is 0 Å². The summed E-state index contributed by atoms with van der Waals surface area (Å²) < 4.78 is 0. The van der Waals surface area contributed by atoms with E-state index in [1.165, 1.54) is 0 Å². The zero-order chi connectivity index (χ0) is 12.0. The molecule has 4 heteroatoms. The van der Waals surface area contributed by atoms with Gasteiger partial charge in [0, 0.05) is 38.1 Å². The van der Waals surface area contributed by atoms with Crippen molar-refractivity contribution in [3.05, 3.63) is 0 Å². The summed E-state index contributed by atoms with van der Waals surface area (Å²) in [6, 6.07) is 0.816. The van der Waals surface area contributed by atoms with E-state index >= 15 is 0 Å². The third kappa shape index (κ3) is 3.76. The average molecular weight is 224 g/mol. The second-order valence-corrected chi connectivity index (χ2v) is 4.55. The van der Waals surface area contributed by atoms with Gasteiger partial charge in [0.1, 0.15) is 0 Å². The Balaban J connectivity index is 2.50. The molecular weight excluding hydrogens is 200 g/mol. The molecule has 4 nitrogen and oxygen atoms in total. The van der Waals surface area contributed by atoms with E-state index in [1.807, 2.05) is 6.92 Å². The number of hydrazine groups is 1. The first kappa shape index (κ1) is 13.5. The first-order valence-corrected chi connectivity index (χ1v) is 5.93. The van der Waals surface area contributed by atoms with Gasteiger partial charge in [0.2, 0.25) is 0 Å². The van der Waals surface area contributed by atoms with Crippen molar-refractivity contribution in [2.45, 2.75) is 31.8 Å². The van der Waals surface area contributed by atoms with E-state index in [2.05, 4.69) is 41.2 Å². The molecule has 1 fully saturated rings. The van der Waals surface area contributed by atoms with Gasteiger partial charge in [-0.1, -0.05) is 0 Å². The summed E-state index contributed by atoms with van der Waals surface area (Å²) in [7, 11) is 4.34. The number of likely N-dealkylation sites (N-methyl/N-ethyl adjacent to an activating group) is 2. The van der Waals surface area contributed by atoms with Gasteiger partial charge in [-0.2, -0.15) is 0 Å². The molecule has 1 aliphatic rings. The molecule has 0 bridgehead atoms. The van der Waals surface area contributed by atoms with Crippen molar-refractivity contribution in [1.29, 1.82) is 0 Å². The molecule has 0 saturated carbocycles. The lowest BCUT2D eigenvalue weighted by Crippen LogP contribution is -2.59. The van der Waals surface area contributed by atoms with Crippen LogP contribution in [-0.4, -0.2) is 55.6 Å². The quantitative estimate of drug-likeness (QED) is 0.397. The smallest absolute Gasteiger partial charge is 0.0387 e. The van der Waals surface area contributed by atoms with Crippen LogP contribution in [0.5, 0.6) is 0 Å². The van der Waals surface area contributed by atoms with Crippen LogP contribution in [0, 0.1) is 11.8 Å². The predicted octanol–water partition coefficient (Wildman–Crippen LogP) is -0.132. The summed E-state index contributed by atoms with van der Waals surface area (Å²) in [6.45, 7) is 5.20. The number of hydrogen-bond donors (Lipinski definition) is 2. The van der Waals surface area contributed by atoms with Crippen LogP contribution >= 0.6 is 0 Å². The van der Waals surface area contributed by atoms with Crippen LogP contribution in [0.3, 0.4) is 0 Å². The van der Waals surface area contributed by atoms with Gasteiger partial charge in [0.15, 0.2) is 0 Å². The third-order valence-corrected chi connectivity index (χ3v) is 3.33. The van der Waals surface area contributed by atoms with Gasteiger partial charge >= 0.3 is 0 Å². The summed E-state index contributed by atoms with van der Waals surface area (Å²) >= 11 is 0. The molecule has 0 radical (unpaired) electrons. The van der Waals surface area contributed by atoms with E-state index in [1.54, 1.807) is 0 Å². The van der Waals surface area contributed by atoms with Crippen LogP contribution in [0.15, 0.2) is 0 Å². The Labute approximate surface area is 99.1 Å². The Kier molecular flexibility index (Phi) is 5.78. The van der Waals surface area contributed by atoms with Gasteiger partial charge in [-0.15, -0.1) is 11.8 Å². The average Bonchev–Trinajstić information content (AvgIpc) is 2.28. The SMILES string of the molecule is CC#CCCC(NN)C1CN(C)CCN1C. The van der Waals surface area contributed by atoms with Crippen molar-refractivity contribution >= 4 is 0 Å². The molecule has 1 heterocycles. The summed E-state index contributed by atoms with van der Waals surface area (Å²) in [5.74, 6) is 11.7. The monoisotopic (exact) mass is 224 g/mol. The standard InChI is InChI=1S/C12H24N4/c1-4-5-6-7-11(14-13)12-10-15(2)8-9-16(12)3/h11-12,14H,6-10,13H2,1-3H3. The van der Waals surface area contributed by atoms with E-state index in [0.29, 0.717) is 12.1 Å². The maximum absolute atomic E-state index is 5.65. The third-order valence-electron chi connectivity index (χ3n) is 3.33. The van der Waals surface area contributed by atoms with Crippen molar-refractivity contribution in [2.75, 3.05) is 33.7 Å². The number of hydrogen-bond acceptors (Lipinski definition) is 4. The highest BCUT2D eigenvalue weighted by molar-refractivity contribution is 4.97. The molecule has 0 aromatic carbocycles. The molecule has 3 N–H and O–H groups in total. The van der Waals surface area contributed by atoms with Gasteiger partial charge in [-0.25, -0.2) is 0 Å². The number of nitrogens with zero attached hydrogens (tertiary/aromatic N) is 2. The minimum Gasteiger partial charge on any atom is -0.303 e. The maximum Gasteiger partial charge on any atom is 0.0387 e. The van der Waals surface area contributed by atoms with E-state index in [-0.39, 0.29) is 0 Å². The van der Waals surface area contributed by atoms with Crippen molar-refractivity contribution in [3.63, 3.8) is 0 Å². The molecule has 1 saturated heterocycles. The Morgan fingerprint density at radius 2 is 2.19 bits per heavy atom. The lowest BCUT2D eigenvalue weighted by atomic mass is 10.00. The molecule has 1 aliphatic heterocycles. The molecule has 16 heavy (non-hydrogen) atoms. The number of piperazine rings is 1. The van der Waals surface area contributed by atoms with Crippen molar-refractivity contribution < 1.29 is 0 Å². The van der Waals surface area contributed by atoms with Gasteiger partial charge in [-0.05, 0) is 27.4 Å². The second kappa shape index (κ2) is 6.87. The van der Waals surface area contributed by atoms with Crippen LogP contribution in [-0.2, 0) is 0 Å². The fourth-order valence-electron chi connectivity index (χ4n) is 2.22. The largest absolute Gasteiger partial charge is 0.303 e. The number of nitrogens with one attached hydrogen (secondary N) is 1. The molecule has 92 valence electrons. The highest BCUT2D eigenvalue weighted by atomic mass is 15.3. The predicted molar refractivity (Wildman–Crippen MR) is 67.7 cm³/mol.